The number of hydrogen-bond acceptors (Lipinski definition) is 3. The Hall–Kier alpha value is -3.60. The molecular weight excluding hydrogens is 364 g/mol. The van der Waals surface area contributed by atoms with Gasteiger partial charge in [-0.3, -0.25) is 9.59 Å². The second-order valence-corrected chi connectivity index (χ2v) is 6.72. The summed E-state index contributed by atoms with van der Waals surface area (Å²) in [5.41, 5.74) is 2.92. The molecule has 0 saturated heterocycles. The second kappa shape index (κ2) is 9.55. The maximum Gasteiger partial charge on any atom is 0.265 e. The van der Waals surface area contributed by atoms with Gasteiger partial charge in [0.05, 0.1) is 0 Å². The fourth-order valence-corrected chi connectivity index (χ4v) is 2.83. The molecule has 0 aliphatic heterocycles. The van der Waals surface area contributed by atoms with Crippen molar-refractivity contribution in [3.05, 3.63) is 90.0 Å². The third-order valence-electron chi connectivity index (χ3n) is 4.38. The number of hydrogen-bond donors (Lipinski definition) is 2. The molecule has 3 aromatic carbocycles. The van der Waals surface area contributed by atoms with E-state index in [1.165, 1.54) is 0 Å². The van der Waals surface area contributed by atoms with Crippen molar-refractivity contribution in [3.8, 4) is 5.75 Å². The van der Waals surface area contributed by atoms with E-state index >= 15 is 0 Å². The van der Waals surface area contributed by atoms with Crippen LogP contribution in [0.5, 0.6) is 5.75 Å². The number of nitrogens with one attached hydrogen (secondary N) is 2. The van der Waals surface area contributed by atoms with Crippen molar-refractivity contribution in [1.82, 2.24) is 0 Å². The van der Waals surface area contributed by atoms with Crippen LogP contribution in [0.4, 0.5) is 11.4 Å². The van der Waals surface area contributed by atoms with E-state index in [4.69, 9.17) is 4.74 Å². The number of benzene rings is 3. The maximum absolute atomic E-state index is 12.5. The summed E-state index contributed by atoms with van der Waals surface area (Å²) >= 11 is 0. The largest absolute Gasteiger partial charge is 0.481 e. The number of carbonyl (C=O) groups is 2. The first-order chi connectivity index (χ1) is 14.0. The minimum absolute atomic E-state index is 0.173. The van der Waals surface area contributed by atoms with Gasteiger partial charge in [-0.2, -0.15) is 0 Å². The summed E-state index contributed by atoms with van der Waals surface area (Å²) in [4.78, 5) is 24.9. The molecule has 0 aliphatic rings. The van der Waals surface area contributed by atoms with E-state index < -0.39 is 6.10 Å². The highest BCUT2D eigenvalue weighted by atomic mass is 16.5. The molecule has 0 bridgehead atoms. The molecule has 0 radical (unpaired) electrons. The Morgan fingerprint density at radius 3 is 2.14 bits per heavy atom. The number of para-hydroxylation sites is 1. The second-order valence-electron chi connectivity index (χ2n) is 6.72. The SMILES string of the molecule is CCC(Oc1ccccc1)C(=O)Nc1ccc(NC(=O)c2cccc(C)c2)cc1. The number of anilines is 2. The summed E-state index contributed by atoms with van der Waals surface area (Å²) < 4.78 is 5.76. The van der Waals surface area contributed by atoms with Crippen LogP contribution in [-0.4, -0.2) is 17.9 Å². The molecule has 148 valence electrons. The van der Waals surface area contributed by atoms with Gasteiger partial charge in [0, 0.05) is 16.9 Å². The number of aryl methyl sites for hydroxylation is 1. The van der Waals surface area contributed by atoms with Gasteiger partial charge in [-0.15, -0.1) is 0 Å². The molecule has 1 unspecified atom stereocenters. The highest BCUT2D eigenvalue weighted by molar-refractivity contribution is 6.04. The Kier molecular flexibility index (Phi) is 6.63. The van der Waals surface area contributed by atoms with Crippen molar-refractivity contribution >= 4 is 23.2 Å². The van der Waals surface area contributed by atoms with Crippen molar-refractivity contribution in [2.45, 2.75) is 26.4 Å². The summed E-state index contributed by atoms with van der Waals surface area (Å²) in [7, 11) is 0. The van der Waals surface area contributed by atoms with E-state index in [1.807, 2.05) is 62.4 Å². The smallest absolute Gasteiger partial charge is 0.265 e. The Bertz CT molecular complexity index is 969. The lowest BCUT2D eigenvalue weighted by atomic mass is 10.1. The third-order valence-corrected chi connectivity index (χ3v) is 4.38. The molecule has 0 spiro atoms. The Morgan fingerprint density at radius 1 is 0.862 bits per heavy atom. The van der Waals surface area contributed by atoms with Crippen LogP contribution in [-0.2, 0) is 4.79 Å². The molecule has 2 N–H and O–H groups in total. The van der Waals surface area contributed by atoms with Crippen LogP contribution < -0.4 is 15.4 Å². The van der Waals surface area contributed by atoms with Crippen molar-refractivity contribution < 1.29 is 14.3 Å². The van der Waals surface area contributed by atoms with Crippen LogP contribution in [0.2, 0.25) is 0 Å². The third kappa shape index (κ3) is 5.69. The lowest BCUT2D eigenvalue weighted by Gasteiger charge is -2.17. The molecule has 0 heterocycles. The zero-order chi connectivity index (χ0) is 20.6. The molecule has 5 nitrogen and oxygen atoms in total. The van der Waals surface area contributed by atoms with Crippen LogP contribution >= 0.6 is 0 Å². The molecule has 1 atom stereocenters. The summed E-state index contributed by atoms with van der Waals surface area (Å²) in [5, 5.41) is 5.71. The zero-order valence-electron chi connectivity index (χ0n) is 16.5. The lowest BCUT2D eigenvalue weighted by molar-refractivity contribution is -0.122. The number of amides is 2. The average Bonchev–Trinajstić information content (AvgIpc) is 2.74. The number of rotatable bonds is 7. The first-order valence-electron chi connectivity index (χ1n) is 9.56. The van der Waals surface area contributed by atoms with Gasteiger partial charge >= 0.3 is 0 Å². The molecule has 5 heteroatoms. The van der Waals surface area contributed by atoms with Crippen LogP contribution in [0, 0.1) is 6.92 Å². The van der Waals surface area contributed by atoms with Crippen molar-refractivity contribution in [1.29, 1.82) is 0 Å². The summed E-state index contributed by atoms with van der Waals surface area (Å²) in [6.45, 7) is 3.84. The summed E-state index contributed by atoms with van der Waals surface area (Å²) in [5.74, 6) is 0.268. The highest BCUT2D eigenvalue weighted by Gasteiger charge is 2.18. The van der Waals surface area contributed by atoms with E-state index in [9.17, 15) is 9.59 Å². The molecule has 3 rings (SSSR count). The van der Waals surface area contributed by atoms with Gasteiger partial charge in [0.1, 0.15) is 5.75 Å². The summed E-state index contributed by atoms with van der Waals surface area (Å²) in [6, 6.07) is 23.7. The van der Waals surface area contributed by atoms with Gasteiger partial charge in [0.2, 0.25) is 0 Å². The van der Waals surface area contributed by atoms with Crippen LogP contribution in [0.3, 0.4) is 0 Å². The number of ether oxygens (including phenoxy) is 1. The normalized spacial score (nSPS) is 11.4. The first kappa shape index (κ1) is 20.1. The fourth-order valence-electron chi connectivity index (χ4n) is 2.83. The molecule has 0 saturated carbocycles. The van der Waals surface area contributed by atoms with Gasteiger partial charge in [-0.1, -0.05) is 42.8 Å². The predicted octanol–water partition coefficient (Wildman–Crippen LogP) is 5.04. The van der Waals surface area contributed by atoms with Crippen LogP contribution in [0.1, 0.15) is 29.3 Å². The Morgan fingerprint density at radius 2 is 1.52 bits per heavy atom. The molecule has 2 amide bonds. The standard InChI is InChI=1S/C24H24N2O3/c1-3-22(29-21-10-5-4-6-11-21)24(28)26-20-14-12-19(13-15-20)25-23(27)18-9-7-8-17(2)16-18/h4-16,22H,3H2,1-2H3,(H,25,27)(H,26,28). The van der Waals surface area contributed by atoms with Gasteiger partial charge in [0.25, 0.3) is 11.8 Å². The van der Waals surface area contributed by atoms with Crippen molar-refractivity contribution in [3.63, 3.8) is 0 Å². The summed E-state index contributed by atoms with van der Waals surface area (Å²) in [6.07, 6.45) is -0.0381. The molecule has 0 aliphatic carbocycles. The average molecular weight is 388 g/mol. The van der Waals surface area contributed by atoms with Crippen molar-refractivity contribution in [2.75, 3.05) is 10.6 Å². The number of carbonyl (C=O) groups excluding carboxylic acids is 2. The van der Waals surface area contributed by atoms with Crippen molar-refractivity contribution in [2.24, 2.45) is 0 Å². The topological polar surface area (TPSA) is 67.4 Å². The van der Waals surface area contributed by atoms with Crippen LogP contribution in [0.25, 0.3) is 0 Å². The quantitative estimate of drug-likeness (QED) is 0.596. The first-order valence-corrected chi connectivity index (χ1v) is 9.56. The molecule has 29 heavy (non-hydrogen) atoms. The minimum atomic E-state index is -0.585. The molecule has 0 fully saturated rings. The zero-order valence-corrected chi connectivity index (χ0v) is 16.5. The van der Waals surface area contributed by atoms with Gasteiger partial charge in [0.15, 0.2) is 6.10 Å². The monoisotopic (exact) mass is 388 g/mol. The van der Waals surface area contributed by atoms with E-state index in [2.05, 4.69) is 10.6 Å². The minimum Gasteiger partial charge on any atom is -0.481 e. The van der Waals surface area contributed by atoms with E-state index in [0.717, 1.165) is 5.56 Å². The molecular formula is C24H24N2O3. The lowest BCUT2D eigenvalue weighted by Crippen LogP contribution is -2.32. The predicted molar refractivity (Wildman–Crippen MR) is 115 cm³/mol. The highest BCUT2D eigenvalue weighted by Crippen LogP contribution is 2.17. The van der Waals surface area contributed by atoms with Gasteiger partial charge < -0.3 is 15.4 Å². The Labute approximate surface area is 170 Å². The van der Waals surface area contributed by atoms with Gasteiger partial charge in [-0.05, 0) is 61.9 Å². The Balaban J connectivity index is 1.59. The van der Waals surface area contributed by atoms with E-state index in [-0.39, 0.29) is 11.8 Å². The van der Waals surface area contributed by atoms with Crippen LogP contribution in [0.15, 0.2) is 78.9 Å². The molecule has 0 aromatic heterocycles. The maximum atomic E-state index is 12.5. The fraction of sp³-hybridized carbons (Fsp3) is 0.167. The van der Waals surface area contributed by atoms with E-state index in [1.54, 1.807) is 30.3 Å². The van der Waals surface area contributed by atoms with Gasteiger partial charge in [-0.25, -0.2) is 0 Å². The van der Waals surface area contributed by atoms with E-state index in [0.29, 0.717) is 29.1 Å². The molecule has 3 aromatic rings.